The van der Waals surface area contributed by atoms with Crippen LogP contribution in [0.15, 0.2) is 29.6 Å². The van der Waals surface area contributed by atoms with Crippen LogP contribution in [0.3, 0.4) is 0 Å². The molecule has 112 valence electrons. The highest BCUT2D eigenvalue weighted by Gasteiger charge is 2.16. The number of rotatable bonds is 7. The number of carboxylic acid groups (broad SMARTS) is 1. The van der Waals surface area contributed by atoms with E-state index in [4.69, 9.17) is 9.84 Å². The molecular weight excluding hydrogens is 286 g/mol. The summed E-state index contributed by atoms with van der Waals surface area (Å²) in [7, 11) is 0. The fourth-order valence-corrected chi connectivity index (χ4v) is 3.03. The molecule has 1 heterocycles. The molecule has 2 aromatic rings. The highest BCUT2D eigenvalue weighted by atomic mass is 32.1. The third-order valence-electron chi connectivity index (χ3n) is 3.12. The summed E-state index contributed by atoms with van der Waals surface area (Å²) in [6.45, 7) is 4.76. The molecule has 0 bridgehead atoms. The highest BCUT2D eigenvalue weighted by molar-refractivity contribution is 7.10. The molecule has 0 saturated heterocycles. The smallest absolute Gasteiger partial charge is 0.335 e. The normalized spacial score (nSPS) is 12.3. The molecular formula is C16H19NO3S. The lowest BCUT2D eigenvalue weighted by Crippen LogP contribution is -2.03. The Hall–Kier alpha value is -1.72. The van der Waals surface area contributed by atoms with Crippen molar-refractivity contribution in [3.8, 4) is 11.3 Å². The number of hydrogen-bond donors (Lipinski definition) is 1. The number of carboxylic acids is 1. The van der Waals surface area contributed by atoms with Gasteiger partial charge in [0.2, 0.25) is 0 Å². The highest BCUT2D eigenvalue weighted by Crippen LogP contribution is 2.30. The summed E-state index contributed by atoms with van der Waals surface area (Å²) in [4.78, 5) is 15.6. The second kappa shape index (κ2) is 7.33. The van der Waals surface area contributed by atoms with E-state index in [1.54, 1.807) is 29.5 Å². The van der Waals surface area contributed by atoms with E-state index < -0.39 is 5.97 Å². The lowest BCUT2D eigenvalue weighted by atomic mass is 10.1. The Morgan fingerprint density at radius 2 is 2.24 bits per heavy atom. The van der Waals surface area contributed by atoms with Crippen LogP contribution >= 0.6 is 11.3 Å². The van der Waals surface area contributed by atoms with Crippen molar-refractivity contribution in [1.29, 1.82) is 0 Å². The molecule has 0 spiro atoms. The molecule has 0 aliphatic carbocycles. The maximum Gasteiger partial charge on any atom is 0.335 e. The third kappa shape index (κ3) is 3.89. The van der Waals surface area contributed by atoms with E-state index in [-0.39, 0.29) is 11.7 Å². The van der Waals surface area contributed by atoms with Gasteiger partial charge < -0.3 is 9.84 Å². The largest absolute Gasteiger partial charge is 0.478 e. The van der Waals surface area contributed by atoms with Crippen molar-refractivity contribution in [3.63, 3.8) is 0 Å². The van der Waals surface area contributed by atoms with Gasteiger partial charge in [0.15, 0.2) is 0 Å². The van der Waals surface area contributed by atoms with Gasteiger partial charge in [-0.15, -0.1) is 11.3 Å². The average Bonchev–Trinajstić information content (AvgIpc) is 2.97. The Bertz CT molecular complexity index is 603. The minimum atomic E-state index is -0.925. The van der Waals surface area contributed by atoms with Gasteiger partial charge in [0.05, 0.1) is 11.3 Å². The first kappa shape index (κ1) is 15.7. The Morgan fingerprint density at radius 3 is 2.90 bits per heavy atom. The zero-order valence-corrected chi connectivity index (χ0v) is 13.0. The second-order valence-corrected chi connectivity index (χ2v) is 5.58. The molecule has 1 aromatic carbocycles. The van der Waals surface area contributed by atoms with Gasteiger partial charge in [0.25, 0.3) is 0 Å². The van der Waals surface area contributed by atoms with Crippen LogP contribution in [0.5, 0.6) is 0 Å². The van der Waals surface area contributed by atoms with Crippen LogP contribution in [0, 0.1) is 0 Å². The number of aromatic nitrogens is 1. The van der Waals surface area contributed by atoms with Crippen LogP contribution in [-0.4, -0.2) is 22.7 Å². The van der Waals surface area contributed by atoms with Crippen LogP contribution in [0.4, 0.5) is 0 Å². The van der Waals surface area contributed by atoms with Crippen molar-refractivity contribution in [2.24, 2.45) is 0 Å². The van der Waals surface area contributed by atoms with E-state index in [1.165, 1.54) is 0 Å². The van der Waals surface area contributed by atoms with Gasteiger partial charge in [0, 0.05) is 17.6 Å². The topological polar surface area (TPSA) is 59.4 Å². The third-order valence-corrected chi connectivity index (χ3v) is 4.06. The lowest BCUT2D eigenvalue weighted by molar-refractivity contribution is 0.0555. The molecule has 1 aromatic heterocycles. The van der Waals surface area contributed by atoms with Gasteiger partial charge in [-0.05, 0) is 25.5 Å². The Labute approximate surface area is 128 Å². The van der Waals surface area contributed by atoms with Gasteiger partial charge in [-0.3, -0.25) is 0 Å². The molecule has 21 heavy (non-hydrogen) atoms. The maximum absolute atomic E-state index is 11.0. The summed E-state index contributed by atoms with van der Waals surface area (Å²) in [5, 5.41) is 12.0. The molecule has 5 heteroatoms. The molecule has 2 rings (SSSR count). The predicted octanol–water partition coefficient (Wildman–Crippen LogP) is 4.39. The van der Waals surface area contributed by atoms with Crippen LogP contribution in [0.2, 0.25) is 0 Å². The molecule has 1 unspecified atom stereocenters. The molecule has 0 aliphatic heterocycles. The van der Waals surface area contributed by atoms with E-state index in [0.29, 0.717) is 6.61 Å². The van der Waals surface area contributed by atoms with E-state index in [0.717, 1.165) is 29.1 Å². The Kier molecular flexibility index (Phi) is 5.47. The van der Waals surface area contributed by atoms with Gasteiger partial charge in [-0.2, -0.15) is 0 Å². The first-order chi connectivity index (χ1) is 10.2. The molecule has 0 radical (unpaired) electrons. The zero-order chi connectivity index (χ0) is 15.2. The monoisotopic (exact) mass is 305 g/mol. The van der Waals surface area contributed by atoms with Gasteiger partial charge >= 0.3 is 5.97 Å². The number of benzene rings is 1. The quantitative estimate of drug-likeness (QED) is 0.824. The Balaban J connectivity index is 2.26. The van der Waals surface area contributed by atoms with Crippen molar-refractivity contribution < 1.29 is 14.6 Å². The van der Waals surface area contributed by atoms with E-state index >= 15 is 0 Å². The predicted molar refractivity (Wildman–Crippen MR) is 83.8 cm³/mol. The lowest BCUT2D eigenvalue weighted by Gasteiger charge is -2.12. The molecule has 1 atom stereocenters. The van der Waals surface area contributed by atoms with Gasteiger partial charge in [-0.1, -0.05) is 25.5 Å². The molecule has 0 saturated carbocycles. The van der Waals surface area contributed by atoms with Crippen LogP contribution < -0.4 is 0 Å². The molecule has 0 aliphatic rings. The van der Waals surface area contributed by atoms with E-state index in [2.05, 4.69) is 11.9 Å². The van der Waals surface area contributed by atoms with Crippen LogP contribution in [-0.2, 0) is 4.74 Å². The van der Waals surface area contributed by atoms with Crippen LogP contribution in [0.25, 0.3) is 11.3 Å². The summed E-state index contributed by atoms with van der Waals surface area (Å²) < 4.78 is 5.73. The fraction of sp³-hybridized carbons (Fsp3) is 0.375. The maximum atomic E-state index is 11.0. The van der Waals surface area contributed by atoms with Crippen molar-refractivity contribution in [3.05, 3.63) is 40.2 Å². The van der Waals surface area contributed by atoms with Gasteiger partial charge in [0.1, 0.15) is 11.1 Å². The van der Waals surface area contributed by atoms with Crippen LogP contribution in [0.1, 0.15) is 48.2 Å². The molecule has 0 fully saturated rings. The first-order valence-electron chi connectivity index (χ1n) is 7.06. The SMILES string of the molecule is CCCC(OCC)c1nc(-c2cccc(C(=O)O)c2)cs1. The van der Waals surface area contributed by atoms with Crippen molar-refractivity contribution in [2.75, 3.05) is 6.61 Å². The minimum Gasteiger partial charge on any atom is -0.478 e. The average molecular weight is 305 g/mol. The Morgan fingerprint density at radius 1 is 1.43 bits per heavy atom. The van der Waals surface area contributed by atoms with E-state index in [9.17, 15) is 4.79 Å². The first-order valence-corrected chi connectivity index (χ1v) is 7.94. The number of aromatic carboxylic acids is 1. The summed E-state index contributed by atoms with van der Waals surface area (Å²) >= 11 is 1.56. The summed E-state index contributed by atoms with van der Waals surface area (Å²) in [6, 6.07) is 6.85. The molecule has 4 nitrogen and oxygen atoms in total. The van der Waals surface area contributed by atoms with Gasteiger partial charge in [-0.25, -0.2) is 9.78 Å². The minimum absolute atomic E-state index is 0.0291. The van der Waals surface area contributed by atoms with Crippen molar-refractivity contribution in [2.45, 2.75) is 32.8 Å². The summed E-state index contributed by atoms with van der Waals surface area (Å²) in [5.74, 6) is -0.925. The van der Waals surface area contributed by atoms with Crippen molar-refractivity contribution >= 4 is 17.3 Å². The zero-order valence-electron chi connectivity index (χ0n) is 12.2. The second-order valence-electron chi connectivity index (χ2n) is 4.69. The number of ether oxygens (including phenoxy) is 1. The van der Waals surface area contributed by atoms with Crippen molar-refractivity contribution in [1.82, 2.24) is 4.98 Å². The number of thiazole rings is 1. The fourth-order valence-electron chi connectivity index (χ4n) is 2.12. The van der Waals surface area contributed by atoms with E-state index in [1.807, 2.05) is 18.4 Å². The number of nitrogens with zero attached hydrogens (tertiary/aromatic N) is 1. The molecule has 1 N–H and O–H groups in total. The molecule has 0 amide bonds. The summed E-state index contributed by atoms with van der Waals surface area (Å²) in [6.07, 6.45) is 2.01. The number of carbonyl (C=O) groups is 1. The summed E-state index contributed by atoms with van der Waals surface area (Å²) in [5.41, 5.74) is 1.90. The standard InChI is InChI=1S/C16H19NO3S/c1-3-6-14(20-4-2)15-17-13(10-21-15)11-7-5-8-12(9-11)16(18)19/h5,7-10,14H,3-4,6H2,1-2H3,(H,18,19). The number of hydrogen-bond acceptors (Lipinski definition) is 4.